The summed E-state index contributed by atoms with van der Waals surface area (Å²) in [6.07, 6.45) is 8.22. The summed E-state index contributed by atoms with van der Waals surface area (Å²) in [6.45, 7) is 5.46. The van der Waals surface area contributed by atoms with E-state index in [1.54, 1.807) is 0 Å². The lowest BCUT2D eigenvalue weighted by Gasteiger charge is -2.41. The molecule has 20 heavy (non-hydrogen) atoms. The second-order valence-corrected chi connectivity index (χ2v) is 6.78. The summed E-state index contributed by atoms with van der Waals surface area (Å²) >= 11 is 0. The molecule has 0 spiro atoms. The first-order chi connectivity index (χ1) is 9.69. The average molecular weight is 277 g/mol. The van der Waals surface area contributed by atoms with Crippen LogP contribution < -0.4 is 5.32 Å². The number of aromatic nitrogens is 2. The second kappa shape index (κ2) is 5.86. The van der Waals surface area contributed by atoms with E-state index in [-0.39, 0.29) is 6.61 Å². The number of rotatable bonds is 5. The maximum absolute atomic E-state index is 9.10. The molecule has 1 atom stereocenters. The summed E-state index contributed by atoms with van der Waals surface area (Å²) in [6, 6.07) is 1.17. The van der Waals surface area contributed by atoms with Crippen LogP contribution in [-0.4, -0.2) is 27.5 Å². The van der Waals surface area contributed by atoms with Gasteiger partial charge in [-0.05, 0) is 43.9 Å². The second-order valence-electron chi connectivity index (χ2n) is 6.78. The van der Waals surface area contributed by atoms with Gasteiger partial charge in [0.1, 0.15) is 0 Å². The standard InChI is InChI=1S/C16H27N3O/c1-11(2)12-8-13(9-12)18-15-4-3-5-16-14(15)10-17-19(16)6-7-20/h10-13,15,18,20H,3-9H2,1-2H3. The van der Waals surface area contributed by atoms with E-state index in [0.717, 1.165) is 18.3 Å². The Morgan fingerprint density at radius 3 is 2.95 bits per heavy atom. The van der Waals surface area contributed by atoms with Crippen LogP contribution in [0.15, 0.2) is 6.20 Å². The van der Waals surface area contributed by atoms with Gasteiger partial charge in [0.05, 0.1) is 19.3 Å². The number of nitrogens with zero attached hydrogens (tertiary/aromatic N) is 2. The molecule has 1 heterocycles. The smallest absolute Gasteiger partial charge is 0.0644 e. The minimum atomic E-state index is 0.172. The third kappa shape index (κ3) is 2.63. The zero-order valence-electron chi connectivity index (χ0n) is 12.7. The van der Waals surface area contributed by atoms with Crippen molar-refractivity contribution in [3.05, 3.63) is 17.5 Å². The largest absolute Gasteiger partial charge is 0.394 e. The van der Waals surface area contributed by atoms with Gasteiger partial charge in [0.25, 0.3) is 0 Å². The fraction of sp³-hybridized carbons (Fsp3) is 0.812. The summed E-state index contributed by atoms with van der Waals surface area (Å²) in [5, 5.41) is 17.4. The molecule has 2 aliphatic carbocycles. The van der Waals surface area contributed by atoms with Gasteiger partial charge in [-0.15, -0.1) is 0 Å². The van der Waals surface area contributed by atoms with E-state index in [2.05, 4.69) is 24.3 Å². The monoisotopic (exact) mass is 277 g/mol. The van der Waals surface area contributed by atoms with Gasteiger partial charge in [-0.1, -0.05) is 13.8 Å². The van der Waals surface area contributed by atoms with Crippen LogP contribution in [0.5, 0.6) is 0 Å². The number of hydrogen-bond donors (Lipinski definition) is 2. The lowest BCUT2D eigenvalue weighted by molar-refractivity contribution is 0.153. The highest BCUT2D eigenvalue weighted by atomic mass is 16.3. The van der Waals surface area contributed by atoms with Gasteiger partial charge >= 0.3 is 0 Å². The van der Waals surface area contributed by atoms with Crippen molar-refractivity contribution < 1.29 is 5.11 Å². The average Bonchev–Trinajstić information content (AvgIpc) is 2.77. The number of nitrogens with one attached hydrogen (secondary N) is 1. The summed E-state index contributed by atoms with van der Waals surface area (Å²) < 4.78 is 1.99. The first-order valence-electron chi connectivity index (χ1n) is 8.10. The molecule has 2 aliphatic rings. The van der Waals surface area contributed by atoms with E-state index in [0.29, 0.717) is 18.6 Å². The SMILES string of the molecule is CC(C)C1CC(NC2CCCc3c2cnn3CCO)C1. The highest BCUT2D eigenvalue weighted by molar-refractivity contribution is 5.25. The fourth-order valence-electron chi connectivity index (χ4n) is 3.71. The lowest BCUT2D eigenvalue weighted by Crippen LogP contribution is -2.45. The molecule has 112 valence electrons. The van der Waals surface area contributed by atoms with Crippen molar-refractivity contribution in [2.24, 2.45) is 11.8 Å². The summed E-state index contributed by atoms with van der Waals surface area (Å²) in [5.74, 6) is 1.73. The van der Waals surface area contributed by atoms with Crippen LogP contribution in [0.3, 0.4) is 0 Å². The molecule has 0 radical (unpaired) electrons. The van der Waals surface area contributed by atoms with Crippen molar-refractivity contribution in [1.29, 1.82) is 0 Å². The molecule has 4 heteroatoms. The van der Waals surface area contributed by atoms with Crippen LogP contribution in [0.4, 0.5) is 0 Å². The molecule has 3 rings (SSSR count). The topological polar surface area (TPSA) is 50.1 Å². The zero-order chi connectivity index (χ0) is 14.1. The molecule has 0 aromatic carbocycles. The molecule has 0 aliphatic heterocycles. The Morgan fingerprint density at radius 1 is 1.45 bits per heavy atom. The molecule has 0 amide bonds. The Bertz CT molecular complexity index is 449. The summed E-state index contributed by atoms with van der Waals surface area (Å²) in [4.78, 5) is 0. The van der Waals surface area contributed by atoms with Crippen LogP contribution >= 0.6 is 0 Å². The highest BCUT2D eigenvalue weighted by Crippen LogP contribution is 2.37. The summed E-state index contributed by atoms with van der Waals surface area (Å²) in [7, 11) is 0. The zero-order valence-corrected chi connectivity index (χ0v) is 12.7. The Kier molecular flexibility index (Phi) is 4.13. The van der Waals surface area contributed by atoms with Gasteiger partial charge in [0, 0.05) is 23.3 Å². The van der Waals surface area contributed by atoms with E-state index in [1.807, 2.05) is 10.9 Å². The van der Waals surface area contributed by atoms with E-state index < -0.39 is 0 Å². The Hall–Kier alpha value is -0.870. The van der Waals surface area contributed by atoms with E-state index in [9.17, 15) is 0 Å². The van der Waals surface area contributed by atoms with Gasteiger partial charge in [0.15, 0.2) is 0 Å². The first kappa shape index (κ1) is 14.1. The minimum absolute atomic E-state index is 0.172. The molecular formula is C16H27N3O. The van der Waals surface area contributed by atoms with Crippen molar-refractivity contribution in [3.8, 4) is 0 Å². The molecule has 2 N–H and O–H groups in total. The highest BCUT2D eigenvalue weighted by Gasteiger charge is 2.34. The van der Waals surface area contributed by atoms with Gasteiger partial charge < -0.3 is 10.4 Å². The Balaban J connectivity index is 1.63. The van der Waals surface area contributed by atoms with Crippen LogP contribution in [0.2, 0.25) is 0 Å². The van der Waals surface area contributed by atoms with Crippen molar-refractivity contribution in [2.75, 3.05) is 6.61 Å². The predicted molar refractivity (Wildman–Crippen MR) is 79.5 cm³/mol. The molecular weight excluding hydrogens is 250 g/mol. The molecule has 0 bridgehead atoms. The van der Waals surface area contributed by atoms with Gasteiger partial charge in [-0.25, -0.2) is 0 Å². The van der Waals surface area contributed by atoms with Crippen LogP contribution in [-0.2, 0) is 13.0 Å². The maximum Gasteiger partial charge on any atom is 0.0644 e. The molecule has 4 nitrogen and oxygen atoms in total. The normalized spacial score (nSPS) is 29.3. The van der Waals surface area contributed by atoms with E-state index >= 15 is 0 Å². The van der Waals surface area contributed by atoms with Crippen molar-refractivity contribution in [3.63, 3.8) is 0 Å². The van der Waals surface area contributed by atoms with Gasteiger partial charge in [-0.3, -0.25) is 4.68 Å². The Labute approximate surface area is 121 Å². The third-order valence-electron chi connectivity index (χ3n) is 5.13. The number of fused-ring (bicyclic) bond motifs is 1. The predicted octanol–water partition coefficient (Wildman–Crippen LogP) is 2.28. The van der Waals surface area contributed by atoms with Gasteiger partial charge in [0.2, 0.25) is 0 Å². The third-order valence-corrected chi connectivity index (χ3v) is 5.13. The maximum atomic E-state index is 9.10. The van der Waals surface area contributed by atoms with Crippen LogP contribution in [0, 0.1) is 11.8 Å². The molecule has 1 unspecified atom stereocenters. The molecule has 0 saturated heterocycles. The van der Waals surface area contributed by atoms with Crippen molar-refractivity contribution in [1.82, 2.24) is 15.1 Å². The minimum Gasteiger partial charge on any atom is -0.394 e. The lowest BCUT2D eigenvalue weighted by atomic mass is 9.73. The molecule has 1 saturated carbocycles. The number of hydrogen-bond acceptors (Lipinski definition) is 3. The van der Waals surface area contributed by atoms with Crippen LogP contribution in [0.25, 0.3) is 0 Å². The van der Waals surface area contributed by atoms with Crippen molar-refractivity contribution >= 4 is 0 Å². The fourth-order valence-corrected chi connectivity index (χ4v) is 3.71. The van der Waals surface area contributed by atoms with E-state index in [4.69, 9.17) is 5.11 Å². The molecule has 1 aromatic heterocycles. The quantitative estimate of drug-likeness (QED) is 0.868. The Morgan fingerprint density at radius 2 is 2.25 bits per heavy atom. The van der Waals surface area contributed by atoms with Gasteiger partial charge in [-0.2, -0.15) is 5.10 Å². The molecule has 1 fully saturated rings. The summed E-state index contributed by atoms with van der Waals surface area (Å²) in [5.41, 5.74) is 2.71. The van der Waals surface area contributed by atoms with Crippen LogP contribution in [0.1, 0.15) is 56.8 Å². The number of aliphatic hydroxyl groups excluding tert-OH is 1. The number of aliphatic hydroxyl groups is 1. The van der Waals surface area contributed by atoms with E-state index in [1.165, 1.54) is 36.9 Å². The van der Waals surface area contributed by atoms with Crippen molar-refractivity contribution in [2.45, 2.75) is 64.6 Å². The first-order valence-corrected chi connectivity index (χ1v) is 8.10. The molecule has 1 aromatic rings.